The number of carbonyl (C=O) groups is 2. The van der Waals surface area contributed by atoms with Crippen molar-refractivity contribution in [3.05, 3.63) is 40.7 Å². The molecule has 2 aromatic heterocycles. The summed E-state index contributed by atoms with van der Waals surface area (Å²) in [5.74, 6) is -2.38. The molecule has 1 aromatic carbocycles. The fourth-order valence-electron chi connectivity index (χ4n) is 4.12. The van der Waals surface area contributed by atoms with E-state index in [-0.39, 0.29) is 45.9 Å². The van der Waals surface area contributed by atoms with Crippen LogP contribution in [0.4, 0.5) is 15.9 Å². The molecule has 0 spiro atoms. The number of carbonyl (C=O) groups excluding carboxylic acids is 1. The highest BCUT2D eigenvalue weighted by atomic mass is 19.1. The number of nitrogens with two attached hydrogens (primary N) is 1. The lowest BCUT2D eigenvalue weighted by molar-refractivity contribution is -0.143. The van der Waals surface area contributed by atoms with Crippen LogP contribution in [-0.2, 0) is 9.59 Å². The van der Waals surface area contributed by atoms with Crippen molar-refractivity contribution in [2.45, 2.75) is 38.6 Å². The molecular weight excluding hydrogens is 419 g/mol. The number of nitrogen functional groups attached to an aromatic ring is 1. The molecule has 2 heterocycles. The van der Waals surface area contributed by atoms with Crippen molar-refractivity contribution >= 4 is 34.5 Å². The zero-order valence-electron chi connectivity index (χ0n) is 17.2. The lowest BCUT2D eigenvalue weighted by atomic mass is 9.86. The van der Waals surface area contributed by atoms with Gasteiger partial charge >= 0.3 is 5.97 Å². The normalized spacial score (nSPS) is 18.4. The summed E-state index contributed by atoms with van der Waals surface area (Å²) in [6.45, 7) is 1.30. The van der Waals surface area contributed by atoms with Crippen LogP contribution in [0.15, 0.2) is 29.3 Å². The van der Waals surface area contributed by atoms with Gasteiger partial charge in [0.1, 0.15) is 23.4 Å². The molecule has 4 rings (SSSR count). The van der Waals surface area contributed by atoms with Gasteiger partial charge in [0, 0.05) is 24.2 Å². The number of hydrogen-bond donors (Lipinski definition) is 3. The summed E-state index contributed by atoms with van der Waals surface area (Å²) in [6.07, 6.45) is 2.94. The van der Waals surface area contributed by atoms with Crippen molar-refractivity contribution in [1.29, 1.82) is 0 Å². The maximum atomic E-state index is 14.9. The van der Waals surface area contributed by atoms with E-state index in [1.165, 1.54) is 30.0 Å². The topological polar surface area (TPSA) is 153 Å². The maximum Gasteiger partial charge on any atom is 0.306 e. The zero-order chi connectivity index (χ0) is 23.0. The second-order valence-electron chi connectivity index (χ2n) is 7.79. The van der Waals surface area contributed by atoms with Gasteiger partial charge in [0.25, 0.3) is 5.56 Å². The number of hydrogen-bond acceptors (Lipinski definition) is 7. The number of nitrogens with zero attached hydrogens (tertiary/aromatic N) is 4. The predicted molar refractivity (Wildman–Crippen MR) is 114 cm³/mol. The van der Waals surface area contributed by atoms with E-state index in [9.17, 15) is 23.9 Å². The number of carboxylic acid groups (broad SMARTS) is 1. The molecule has 1 saturated carbocycles. The molecule has 1 aliphatic carbocycles. The third-order valence-electron chi connectivity index (χ3n) is 5.66. The van der Waals surface area contributed by atoms with Gasteiger partial charge in [-0.2, -0.15) is 0 Å². The van der Waals surface area contributed by atoms with E-state index in [0.717, 1.165) is 6.07 Å². The van der Waals surface area contributed by atoms with Gasteiger partial charge in [-0.1, -0.05) is 0 Å². The van der Waals surface area contributed by atoms with Crippen LogP contribution in [0.5, 0.6) is 0 Å². The van der Waals surface area contributed by atoms with Gasteiger partial charge in [-0.25, -0.2) is 19.3 Å². The third kappa shape index (κ3) is 3.88. The van der Waals surface area contributed by atoms with Crippen LogP contribution in [0.1, 0.15) is 38.6 Å². The summed E-state index contributed by atoms with van der Waals surface area (Å²) in [7, 11) is 0. The Morgan fingerprint density at radius 2 is 1.94 bits per heavy atom. The van der Waals surface area contributed by atoms with Crippen molar-refractivity contribution in [3.8, 4) is 11.3 Å². The number of amides is 1. The Kier molecular flexibility index (Phi) is 5.56. The Labute approximate surface area is 181 Å². The van der Waals surface area contributed by atoms with Gasteiger partial charge in [0.2, 0.25) is 5.91 Å². The van der Waals surface area contributed by atoms with Crippen LogP contribution in [0.3, 0.4) is 0 Å². The second kappa shape index (κ2) is 8.33. The maximum absolute atomic E-state index is 14.9. The number of nitrogens with one attached hydrogen (secondary N) is 1. The molecule has 11 heteroatoms. The second-order valence-corrected chi connectivity index (χ2v) is 7.79. The summed E-state index contributed by atoms with van der Waals surface area (Å²) >= 11 is 0. The monoisotopic (exact) mass is 440 g/mol. The summed E-state index contributed by atoms with van der Waals surface area (Å²) in [5, 5.41) is 11.8. The van der Waals surface area contributed by atoms with E-state index in [0.29, 0.717) is 25.7 Å². The highest BCUT2D eigenvalue weighted by molar-refractivity contribution is 5.89. The Morgan fingerprint density at radius 1 is 1.22 bits per heavy atom. The van der Waals surface area contributed by atoms with Gasteiger partial charge < -0.3 is 16.2 Å². The number of rotatable bonds is 4. The fraction of sp³-hybridized carbons (Fsp3) is 0.333. The Bertz CT molecular complexity index is 1280. The molecule has 3 aromatic rings. The SMILES string of the molecule is CC(=O)Nc1ccc(-c2nc3c(N)ncnc3n(C3CCC(C(=O)O)CC3)c2=O)c(F)c1. The molecule has 32 heavy (non-hydrogen) atoms. The molecule has 0 saturated heterocycles. The minimum atomic E-state index is -0.857. The average Bonchev–Trinajstić information content (AvgIpc) is 2.74. The van der Waals surface area contributed by atoms with Crippen molar-refractivity contribution in [2.75, 3.05) is 11.1 Å². The molecule has 166 valence electrons. The summed E-state index contributed by atoms with van der Waals surface area (Å²) in [6, 6.07) is 3.61. The standard InChI is InChI=1S/C21H21FN6O4/c1-10(29)26-12-4-7-14(15(22)8-12)16-20(30)28(13-5-2-11(3-6-13)21(31)32)19-17(27-16)18(23)24-9-25-19/h4,7-9,11,13H,2-3,5-6H2,1H3,(H,26,29)(H,31,32)(H2,23,24,25). The highest BCUT2D eigenvalue weighted by Crippen LogP contribution is 2.34. The average molecular weight is 440 g/mol. The molecule has 1 aliphatic rings. The molecule has 10 nitrogen and oxygen atoms in total. The smallest absolute Gasteiger partial charge is 0.306 e. The number of carboxylic acids is 1. The van der Waals surface area contributed by atoms with E-state index in [1.54, 1.807) is 0 Å². The van der Waals surface area contributed by atoms with Crippen molar-refractivity contribution in [2.24, 2.45) is 5.92 Å². The van der Waals surface area contributed by atoms with Crippen LogP contribution in [-0.4, -0.2) is 36.5 Å². The van der Waals surface area contributed by atoms with Crippen molar-refractivity contribution in [3.63, 3.8) is 0 Å². The molecule has 1 fully saturated rings. The third-order valence-corrected chi connectivity index (χ3v) is 5.66. The van der Waals surface area contributed by atoms with Crippen LogP contribution in [0.25, 0.3) is 22.4 Å². The van der Waals surface area contributed by atoms with E-state index in [1.807, 2.05) is 0 Å². The van der Waals surface area contributed by atoms with Crippen LogP contribution in [0.2, 0.25) is 0 Å². The van der Waals surface area contributed by atoms with E-state index < -0.39 is 23.3 Å². The summed E-state index contributed by atoms with van der Waals surface area (Å²) in [4.78, 5) is 48.4. The molecule has 0 bridgehead atoms. The van der Waals surface area contributed by atoms with E-state index >= 15 is 0 Å². The molecular formula is C21H21FN6O4. The molecule has 0 aliphatic heterocycles. The van der Waals surface area contributed by atoms with Crippen LogP contribution in [0, 0.1) is 11.7 Å². The number of anilines is 2. The quantitative estimate of drug-likeness (QED) is 0.559. The first-order chi connectivity index (χ1) is 15.3. The van der Waals surface area contributed by atoms with Crippen LogP contribution >= 0.6 is 0 Å². The lowest BCUT2D eigenvalue weighted by Gasteiger charge is -2.28. The van der Waals surface area contributed by atoms with Crippen molar-refractivity contribution in [1.82, 2.24) is 19.5 Å². The summed E-state index contributed by atoms with van der Waals surface area (Å²) in [5.41, 5.74) is 5.84. The van der Waals surface area contributed by atoms with Gasteiger partial charge in [-0.3, -0.25) is 19.0 Å². The van der Waals surface area contributed by atoms with Gasteiger partial charge in [0.15, 0.2) is 11.5 Å². The Hall–Kier alpha value is -3.89. The number of halogens is 1. The van der Waals surface area contributed by atoms with E-state index in [4.69, 9.17) is 5.73 Å². The number of fused-ring (bicyclic) bond motifs is 1. The molecule has 4 N–H and O–H groups in total. The first-order valence-electron chi connectivity index (χ1n) is 10.1. The largest absolute Gasteiger partial charge is 0.481 e. The molecule has 0 unspecified atom stereocenters. The number of aromatic nitrogens is 4. The predicted octanol–water partition coefficient (Wildman–Crippen LogP) is 2.35. The Balaban J connectivity index is 1.86. The van der Waals surface area contributed by atoms with Crippen molar-refractivity contribution < 1.29 is 19.1 Å². The lowest BCUT2D eigenvalue weighted by Crippen LogP contribution is -2.32. The van der Waals surface area contributed by atoms with Gasteiger partial charge in [0.05, 0.1) is 5.92 Å². The minimum Gasteiger partial charge on any atom is -0.481 e. The zero-order valence-corrected chi connectivity index (χ0v) is 17.2. The first kappa shape index (κ1) is 21.3. The molecule has 0 radical (unpaired) electrons. The number of aliphatic carboxylic acids is 1. The first-order valence-corrected chi connectivity index (χ1v) is 10.1. The Morgan fingerprint density at radius 3 is 2.56 bits per heavy atom. The van der Waals surface area contributed by atoms with E-state index in [2.05, 4.69) is 20.3 Å². The molecule has 0 atom stereocenters. The van der Waals surface area contributed by atoms with Gasteiger partial charge in [-0.15, -0.1) is 0 Å². The number of benzene rings is 1. The fourth-order valence-corrected chi connectivity index (χ4v) is 4.12. The van der Waals surface area contributed by atoms with Gasteiger partial charge in [-0.05, 0) is 43.9 Å². The summed E-state index contributed by atoms with van der Waals surface area (Å²) < 4.78 is 16.3. The highest BCUT2D eigenvalue weighted by Gasteiger charge is 2.30. The molecule has 1 amide bonds. The van der Waals surface area contributed by atoms with Crippen LogP contribution < -0.4 is 16.6 Å². The minimum absolute atomic E-state index is 0.0412.